The Labute approximate surface area is 129 Å². The molecule has 4 rings (SSSR count). The summed E-state index contributed by atoms with van der Waals surface area (Å²) < 4.78 is 8.15. The second-order valence-corrected chi connectivity index (χ2v) is 5.84. The zero-order valence-corrected chi connectivity index (χ0v) is 12.8. The molecule has 1 aliphatic rings. The molecule has 1 aromatic carbocycles. The molecule has 3 aromatic rings. The third-order valence-electron chi connectivity index (χ3n) is 4.23. The van der Waals surface area contributed by atoms with E-state index in [1.54, 1.807) is 6.33 Å². The quantitative estimate of drug-likeness (QED) is 0.729. The van der Waals surface area contributed by atoms with Crippen LogP contribution in [0.3, 0.4) is 0 Å². The molecule has 1 aliphatic heterocycles. The van der Waals surface area contributed by atoms with Crippen LogP contribution in [0.5, 0.6) is 11.6 Å². The standard InChI is InChI=1S/C17H18N4O/c1-20-7-6-14-15(10-20)18-11-19-17(14)22-13-3-4-16-12(9-13)5-8-21(16)2/h3-5,8-9,11H,6-7,10H2,1-2H3. The van der Waals surface area contributed by atoms with Crippen molar-refractivity contribution in [2.24, 2.45) is 7.05 Å². The number of rotatable bonds is 2. The molecule has 5 heteroatoms. The van der Waals surface area contributed by atoms with Crippen molar-refractivity contribution in [1.82, 2.24) is 19.4 Å². The molecule has 0 saturated heterocycles. The lowest BCUT2D eigenvalue weighted by atomic mass is 10.1. The second-order valence-electron chi connectivity index (χ2n) is 5.84. The Hall–Kier alpha value is -2.40. The van der Waals surface area contributed by atoms with Gasteiger partial charge in [0.2, 0.25) is 5.88 Å². The van der Waals surface area contributed by atoms with Crippen LogP contribution in [0.25, 0.3) is 10.9 Å². The topological polar surface area (TPSA) is 43.2 Å². The SMILES string of the molecule is CN1CCc2c(ncnc2Oc2ccc3c(ccn3C)c2)C1. The first-order chi connectivity index (χ1) is 10.7. The van der Waals surface area contributed by atoms with Gasteiger partial charge in [0, 0.05) is 42.8 Å². The summed E-state index contributed by atoms with van der Waals surface area (Å²) in [4.78, 5) is 11.0. The van der Waals surface area contributed by atoms with Crippen molar-refractivity contribution in [2.45, 2.75) is 13.0 Å². The van der Waals surface area contributed by atoms with E-state index in [9.17, 15) is 0 Å². The van der Waals surface area contributed by atoms with Gasteiger partial charge in [-0.1, -0.05) is 0 Å². The van der Waals surface area contributed by atoms with E-state index in [0.717, 1.165) is 36.5 Å². The molecular weight excluding hydrogens is 276 g/mol. The van der Waals surface area contributed by atoms with Crippen LogP contribution < -0.4 is 4.74 Å². The van der Waals surface area contributed by atoms with Crippen LogP contribution in [-0.4, -0.2) is 33.0 Å². The zero-order chi connectivity index (χ0) is 15.1. The van der Waals surface area contributed by atoms with Gasteiger partial charge in [-0.15, -0.1) is 0 Å². The Morgan fingerprint density at radius 1 is 1.14 bits per heavy atom. The number of ether oxygens (including phenoxy) is 1. The van der Waals surface area contributed by atoms with Gasteiger partial charge in [0.1, 0.15) is 12.1 Å². The summed E-state index contributed by atoms with van der Waals surface area (Å²) in [5, 5.41) is 1.17. The number of fused-ring (bicyclic) bond motifs is 2. The molecule has 2 aromatic heterocycles. The van der Waals surface area contributed by atoms with E-state index in [2.05, 4.69) is 50.9 Å². The minimum Gasteiger partial charge on any atom is -0.439 e. The Bertz CT molecular complexity index is 840. The van der Waals surface area contributed by atoms with Crippen LogP contribution in [0, 0.1) is 0 Å². The number of likely N-dealkylation sites (N-methyl/N-ethyl adjacent to an activating group) is 1. The summed E-state index contributed by atoms with van der Waals surface area (Å²) in [6, 6.07) is 8.21. The van der Waals surface area contributed by atoms with Gasteiger partial charge in [-0.2, -0.15) is 0 Å². The maximum absolute atomic E-state index is 6.05. The lowest BCUT2D eigenvalue weighted by Crippen LogP contribution is -2.27. The van der Waals surface area contributed by atoms with E-state index in [4.69, 9.17) is 4.74 Å². The predicted molar refractivity (Wildman–Crippen MR) is 85.1 cm³/mol. The van der Waals surface area contributed by atoms with E-state index in [1.807, 2.05) is 13.1 Å². The van der Waals surface area contributed by atoms with Crippen LogP contribution in [0.1, 0.15) is 11.3 Å². The van der Waals surface area contributed by atoms with E-state index in [-0.39, 0.29) is 0 Å². The van der Waals surface area contributed by atoms with E-state index in [0.29, 0.717) is 5.88 Å². The van der Waals surface area contributed by atoms with Gasteiger partial charge in [0.25, 0.3) is 0 Å². The molecule has 0 bridgehead atoms. The Morgan fingerprint density at radius 2 is 2.05 bits per heavy atom. The summed E-state index contributed by atoms with van der Waals surface area (Å²) in [7, 11) is 4.15. The maximum Gasteiger partial charge on any atom is 0.225 e. The molecule has 0 aliphatic carbocycles. The molecule has 0 saturated carbocycles. The molecule has 0 N–H and O–H groups in total. The van der Waals surface area contributed by atoms with Gasteiger partial charge in [-0.05, 0) is 37.7 Å². The normalized spacial score (nSPS) is 15.0. The molecular formula is C17H18N4O. The van der Waals surface area contributed by atoms with Crippen molar-refractivity contribution in [1.29, 1.82) is 0 Å². The van der Waals surface area contributed by atoms with Crippen molar-refractivity contribution < 1.29 is 4.74 Å². The van der Waals surface area contributed by atoms with Crippen LogP contribution in [0.2, 0.25) is 0 Å². The highest BCUT2D eigenvalue weighted by Crippen LogP contribution is 2.29. The Kier molecular flexibility index (Phi) is 3.08. The largest absolute Gasteiger partial charge is 0.439 e. The minimum absolute atomic E-state index is 0.688. The van der Waals surface area contributed by atoms with Gasteiger partial charge in [-0.3, -0.25) is 0 Å². The smallest absolute Gasteiger partial charge is 0.225 e. The number of hydrogen-bond donors (Lipinski definition) is 0. The second kappa shape index (κ2) is 5.10. The summed E-state index contributed by atoms with van der Waals surface area (Å²) in [6.45, 7) is 1.86. The van der Waals surface area contributed by atoms with Gasteiger partial charge < -0.3 is 14.2 Å². The van der Waals surface area contributed by atoms with Crippen LogP contribution in [-0.2, 0) is 20.0 Å². The fourth-order valence-corrected chi connectivity index (χ4v) is 2.98. The molecule has 112 valence electrons. The fraction of sp³-hybridized carbons (Fsp3) is 0.294. The average Bonchev–Trinajstić information content (AvgIpc) is 2.88. The Morgan fingerprint density at radius 3 is 2.95 bits per heavy atom. The molecule has 0 fully saturated rings. The zero-order valence-electron chi connectivity index (χ0n) is 12.8. The van der Waals surface area contributed by atoms with E-state index < -0.39 is 0 Å². The molecule has 5 nitrogen and oxygen atoms in total. The summed E-state index contributed by atoms with van der Waals surface area (Å²) in [5.74, 6) is 1.51. The number of hydrogen-bond acceptors (Lipinski definition) is 4. The molecule has 0 amide bonds. The number of benzene rings is 1. The van der Waals surface area contributed by atoms with Gasteiger partial charge in [0.15, 0.2) is 0 Å². The van der Waals surface area contributed by atoms with E-state index >= 15 is 0 Å². The lowest BCUT2D eigenvalue weighted by molar-refractivity contribution is 0.301. The Balaban J connectivity index is 1.69. The summed E-state index contributed by atoms with van der Waals surface area (Å²) in [5.41, 5.74) is 3.40. The van der Waals surface area contributed by atoms with Crippen LogP contribution in [0.4, 0.5) is 0 Å². The monoisotopic (exact) mass is 294 g/mol. The van der Waals surface area contributed by atoms with E-state index in [1.165, 1.54) is 10.9 Å². The molecule has 0 unspecified atom stereocenters. The van der Waals surface area contributed by atoms with Crippen molar-refractivity contribution in [3.8, 4) is 11.6 Å². The highest BCUT2D eigenvalue weighted by Gasteiger charge is 2.19. The highest BCUT2D eigenvalue weighted by atomic mass is 16.5. The third-order valence-corrected chi connectivity index (χ3v) is 4.23. The first-order valence-electron chi connectivity index (χ1n) is 7.45. The summed E-state index contributed by atoms with van der Waals surface area (Å²) in [6.07, 6.45) is 4.57. The van der Waals surface area contributed by atoms with Crippen molar-refractivity contribution in [3.63, 3.8) is 0 Å². The van der Waals surface area contributed by atoms with Crippen molar-refractivity contribution >= 4 is 10.9 Å². The minimum atomic E-state index is 0.688. The summed E-state index contributed by atoms with van der Waals surface area (Å²) >= 11 is 0. The van der Waals surface area contributed by atoms with Gasteiger partial charge in [0.05, 0.1) is 5.69 Å². The van der Waals surface area contributed by atoms with Crippen molar-refractivity contribution in [3.05, 3.63) is 48.0 Å². The fourth-order valence-electron chi connectivity index (χ4n) is 2.98. The van der Waals surface area contributed by atoms with Crippen LogP contribution in [0.15, 0.2) is 36.8 Å². The lowest BCUT2D eigenvalue weighted by Gasteiger charge is -2.24. The highest BCUT2D eigenvalue weighted by molar-refractivity contribution is 5.81. The maximum atomic E-state index is 6.05. The van der Waals surface area contributed by atoms with Crippen molar-refractivity contribution in [2.75, 3.05) is 13.6 Å². The first-order valence-corrected chi connectivity index (χ1v) is 7.45. The number of aryl methyl sites for hydroxylation is 1. The molecule has 0 radical (unpaired) electrons. The predicted octanol–water partition coefficient (Wildman–Crippen LogP) is 2.75. The number of aromatic nitrogens is 3. The molecule has 3 heterocycles. The van der Waals surface area contributed by atoms with Gasteiger partial charge >= 0.3 is 0 Å². The average molecular weight is 294 g/mol. The molecule has 22 heavy (non-hydrogen) atoms. The van der Waals surface area contributed by atoms with Crippen LogP contribution >= 0.6 is 0 Å². The molecule has 0 spiro atoms. The molecule has 0 atom stereocenters. The number of nitrogens with zero attached hydrogens (tertiary/aromatic N) is 4. The van der Waals surface area contributed by atoms with Gasteiger partial charge in [-0.25, -0.2) is 9.97 Å². The first kappa shape index (κ1) is 13.3. The third kappa shape index (κ3) is 2.23.